The maximum atomic E-state index is 12.2. The van der Waals surface area contributed by atoms with Crippen molar-refractivity contribution in [1.29, 1.82) is 0 Å². The van der Waals surface area contributed by atoms with Gasteiger partial charge in [-0.1, -0.05) is 28.0 Å². The summed E-state index contributed by atoms with van der Waals surface area (Å²) in [6, 6.07) is 1.65. The number of esters is 1. The molecule has 1 aromatic rings. The Kier molecular flexibility index (Phi) is 7.55. The lowest BCUT2D eigenvalue weighted by Gasteiger charge is -2.16. The number of carbonyl (C=O) groups excluding carboxylic acids is 2. The van der Waals surface area contributed by atoms with E-state index in [0.29, 0.717) is 30.0 Å². The molecule has 0 radical (unpaired) electrons. The van der Waals surface area contributed by atoms with Crippen molar-refractivity contribution in [2.75, 3.05) is 19.9 Å². The van der Waals surface area contributed by atoms with Crippen LogP contribution in [0, 0.1) is 6.92 Å². The predicted molar refractivity (Wildman–Crippen MR) is 98.2 cm³/mol. The molecule has 0 spiro atoms. The summed E-state index contributed by atoms with van der Waals surface area (Å²) in [7, 11) is 7.05. The number of hydrogen-bond donors (Lipinski definition) is 0. The van der Waals surface area contributed by atoms with Crippen LogP contribution in [0.4, 0.5) is 0 Å². The Bertz CT molecular complexity index is 567. The standard InChI is InChI=1S/C17H25NO4S2/c1-12-15(17(20)21-3)10-13(22-12)11-18(2)16(19)7-5-4-6-14-8-9-23-24-14/h10,14H,4-9,11H2,1-3H3. The largest absolute Gasteiger partial charge is 0.465 e. The van der Waals surface area contributed by atoms with E-state index in [1.165, 1.54) is 25.7 Å². The number of aryl methyl sites for hydroxylation is 1. The van der Waals surface area contributed by atoms with Crippen molar-refractivity contribution < 1.29 is 18.7 Å². The van der Waals surface area contributed by atoms with Gasteiger partial charge in [-0.3, -0.25) is 4.79 Å². The second-order valence-corrected chi connectivity index (χ2v) is 8.79. The maximum Gasteiger partial charge on any atom is 0.341 e. The Morgan fingerprint density at radius 2 is 2.21 bits per heavy atom. The molecule has 0 aromatic carbocycles. The summed E-state index contributed by atoms with van der Waals surface area (Å²) in [5, 5.41) is 0.769. The molecule has 1 aromatic heterocycles. The first-order chi connectivity index (χ1) is 11.5. The number of carbonyl (C=O) groups is 2. The molecule has 1 aliphatic heterocycles. The molecule has 1 saturated heterocycles. The number of unbranched alkanes of at least 4 members (excludes halogenated alkanes) is 1. The van der Waals surface area contributed by atoms with Gasteiger partial charge in [-0.05, 0) is 32.3 Å². The second-order valence-electron chi connectivity index (χ2n) is 6.00. The van der Waals surface area contributed by atoms with Gasteiger partial charge in [0.05, 0.1) is 13.7 Å². The smallest absolute Gasteiger partial charge is 0.341 e. The molecule has 134 valence electrons. The molecule has 1 unspecified atom stereocenters. The van der Waals surface area contributed by atoms with Gasteiger partial charge >= 0.3 is 5.97 Å². The molecule has 1 amide bonds. The van der Waals surface area contributed by atoms with Crippen LogP contribution in [0.15, 0.2) is 10.5 Å². The van der Waals surface area contributed by atoms with Crippen LogP contribution in [0.25, 0.3) is 0 Å². The topological polar surface area (TPSA) is 59.8 Å². The summed E-state index contributed by atoms with van der Waals surface area (Å²) >= 11 is 0. The second kappa shape index (κ2) is 9.42. The van der Waals surface area contributed by atoms with Gasteiger partial charge in [0.2, 0.25) is 5.91 Å². The molecule has 7 heteroatoms. The van der Waals surface area contributed by atoms with E-state index in [2.05, 4.69) is 0 Å². The molecular formula is C17H25NO4S2. The van der Waals surface area contributed by atoms with Crippen molar-refractivity contribution in [3.63, 3.8) is 0 Å². The van der Waals surface area contributed by atoms with E-state index in [1.54, 1.807) is 24.9 Å². The number of methoxy groups -OCH3 is 1. The molecule has 0 N–H and O–H groups in total. The van der Waals surface area contributed by atoms with Gasteiger partial charge in [0.1, 0.15) is 17.1 Å². The molecule has 0 aliphatic carbocycles. The minimum atomic E-state index is -0.417. The number of ether oxygens (including phenoxy) is 1. The van der Waals surface area contributed by atoms with Crippen LogP contribution in [0.2, 0.25) is 0 Å². The highest BCUT2D eigenvalue weighted by molar-refractivity contribution is 8.77. The Hall–Kier alpha value is -1.08. The number of rotatable bonds is 8. The highest BCUT2D eigenvalue weighted by Crippen LogP contribution is 2.39. The Labute approximate surface area is 151 Å². The molecule has 5 nitrogen and oxygen atoms in total. The van der Waals surface area contributed by atoms with Crippen molar-refractivity contribution in [3.05, 3.63) is 23.2 Å². The molecule has 1 fully saturated rings. The van der Waals surface area contributed by atoms with Gasteiger partial charge in [-0.25, -0.2) is 4.79 Å². The van der Waals surface area contributed by atoms with Gasteiger partial charge in [-0.2, -0.15) is 0 Å². The van der Waals surface area contributed by atoms with Crippen LogP contribution in [0.5, 0.6) is 0 Å². The van der Waals surface area contributed by atoms with Gasteiger partial charge in [0, 0.05) is 24.5 Å². The molecule has 1 atom stereocenters. The molecular weight excluding hydrogens is 346 g/mol. The maximum absolute atomic E-state index is 12.2. The monoisotopic (exact) mass is 371 g/mol. The summed E-state index contributed by atoms with van der Waals surface area (Å²) in [6.45, 7) is 2.09. The summed E-state index contributed by atoms with van der Waals surface area (Å²) in [4.78, 5) is 25.4. The highest BCUT2D eigenvalue weighted by Gasteiger charge is 2.19. The van der Waals surface area contributed by atoms with Gasteiger partial charge in [0.15, 0.2) is 0 Å². The number of nitrogens with zero attached hydrogens (tertiary/aromatic N) is 1. The normalized spacial score (nSPS) is 17.0. The fraction of sp³-hybridized carbons (Fsp3) is 0.647. The molecule has 0 bridgehead atoms. The fourth-order valence-electron chi connectivity index (χ4n) is 2.66. The van der Waals surface area contributed by atoms with E-state index in [-0.39, 0.29) is 5.91 Å². The van der Waals surface area contributed by atoms with Crippen molar-refractivity contribution in [1.82, 2.24) is 4.90 Å². The van der Waals surface area contributed by atoms with E-state index in [4.69, 9.17) is 9.15 Å². The molecule has 24 heavy (non-hydrogen) atoms. The zero-order chi connectivity index (χ0) is 17.5. The first-order valence-corrected chi connectivity index (χ1v) is 10.6. The lowest BCUT2D eigenvalue weighted by atomic mass is 10.1. The van der Waals surface area contributed by atoms with Gasteiger partial charge < -0.3 is 14.1 Å². The minimum Gasteiger partial charge on any atom is -0.465 e. The zero-order valence-electron chi connectivity index (χ0n) is 14.5. The third-order valence-corrected chi connectivity index (χ3v) is 7.09. The van der Waals surface area contributed by atoms with Gasteiger partial charge in [-0.15, -0.1) is 0 Å². The average molecular weight is 372 g/mol. The summed E-state index contributed by atoms with van der Waals surface area (Å²) in [5.74, 6) is 2.07. The molecule has 2 rings (SSSR count). The van der Waals surface area contributed by atoms with E-state index >= 15 is 0 Å². The van der Waals surface area contributed by atoms with Crippen LogP contribution >= 0.6 is 21.6 Å². The quantitative estimate of drug-likeness (QED) is 0.390. The number of amides is 1. The summed E-state index contributed by atoms with van der Waals surface area (Å²) in [6.07, 6.45) is 5.09. The van der Waals surface area contributed by atoms with Crippen molar-refractivity contribution >= 4 is 33.5 Å². The van der Waals surface area contributed by atoms with Crippen LogP contribution in [0.3, 0.4) is 0 Å². The Morgan fingerprint density at radius 3 is 2.88 bits per heavy atom. The Balaban J connectivity index is 1.73. The van der Waals surface area contributed by atoms with Crippen molar-refractivity contribution in [2.24, 2.45) is 0 Å². The Morgan fingerprint density at radius 1 is 1.42 bits per heavy atom. The summed E-state index contributed by atoms with van der Waals surface area (Å²) in [5.41, 5.74) is 0.417. The highest BCUT2D eigenvalue weighted by atomic mass is 33.1. The van der Waals surface area contributed by atoms with Crippen LogP contribution in [-0.4, -0.2) is 41.9 Å². The van der Waals surface area contributed by atoms with Crippen LogP contribution in [0.1, 0.15) is 54.0 Å². The molecule has 0 saturated carbocycles. The third-order valence-electron chi connectivity index (χ3n) is 4.09. The van der Waals surface area contributed by atoms with E-state index in [0.717, 1.165) is 18.1 Å². The van der Waals surface area contributed by atoms with Crippen LogP contribution in [-0.2, 0) is 16.1 Å². The van der Waals surface area contributed by atoms with E-state index < -0.39 is 5.97 Å². The van der Waals surface area contributed by atoms with Crippen molar-refractivity contribution in [2.45, 2.75) is 50.8 Å². The predicted octanol–water partition coefficient (Wildman–Crippen LogP) is 4.05. The first kappa shape index (κ1) is 19.2. The lowest BCUT2D eigenvalue weighted by molar-refractivity contribution is -0.130. The summed E-state index contributed by atoms with van der Waals surface area (Å²) < 4.78 is 10.3. The fourth-order valence-corrected chi connectivity index (χ4v) is 5.69. The third kappa shape index (κ3) is 5.48. The minimum absolute atomic E-state index is 0.108. The lowest BCUT2D eigenvalue weighted by Crippen LogP contribution is -2.25. The molecule has 1 aliphatic rings. The van der Waals surface area contributed by atoms with E-state index in [9.17, 15) is 9.59 Å². The zero-order valence-corrected chi connectivity index (χ0v) is 16.1. The number of furan rings is 1. The van der Waals surface area contributed by atoms with Gasteiger partial charge in [0.25, 0.3) is 0 Å². The van der Waals surface area contributed by atoms with Crippen molar-refractivity contribution in [3.8, 4) is 0 Å². The van der Waals surface area contributed by atoms with Crippen LogP contribution < -0.4 is 0 Å². The average Bonchev–Trinajstić information content (AvgIpc) is 3.20. The molecule has 2 heterocycles. The first-order valence-electron chi connectivity index (χ1n) is 8.21. The number of hydrogen-bond acceptors (Lipinski definition) is 6. The van der Waals surface area contributed by atoms with E-state index in [1.807, 2.05) is 21.6 Å². The SMILES string of the molecule is COC(=O)c1cc(CN(C)C(=O)CCCCC2CCSS2)oc1C.